The van der Waals surface area contributed by atoms with Gasteiger partial charge in [0.05, 0.1) is 0 Å². The Morgan fingerprint density at radius 3 is 2.61 bits per heavy atom. The Bertz CT molecular complexity index is 336. The third-order valence-corrected chi connectivity index (χ3v) is 3.53. The lowest BCUT2D eigenvalue weighted by Crippen LogP contribution is -2.40. The average Bonchev–Trinajstić information content (AvgIpc) is 2.67. The van der Waals surface area contributed by atoms with E-state index >= 15 is 0 Å². The highest BCUT2D eigenvalue weighted by molar-refractivity contribution is 5.00. The minimum absolute atomic E-state index is 0.335. The molecule has 1 aromatic rings. The van der Waals surface area contributed by atoms with Crippen LogP contribution in [0.5, 0.6) is 0 Å². The Morgan fingerprint density at radius 2 is 2.11 bits per heavy atom. The van der Waals surface area contributed by atoms with Gasteiger partial charge >= 0.3 is 0 Å². The monoisotopic (exact) mass is 251 g/mol. The molecule has 1 N–H and O–H groups in total. The van der Waals surface area contributed by atoms with Crippen molar-refractivity contribution in [2.75, 3.05) is 6.54 Å². The first-order valence-electron chi connectivity index (χ1n) is 7.15. The molecule has 18 heavy (non-hydrogen) atoms. The standard InChI is InChI=1S/C15H29N3/c1-6-11-16-14(15(2,3)4)9-7-8-13-10-12-17-18(13)5/h10,12,14,16H,6-9,11H2,1-5H3. The highest BCUT2D eigenvalue weighted by Crippen LogP contribution is 2.23. The van der Waals surface area contributed by atoms with Gasteiger partial charge in [0.2, 0.25) is 0 Å². The van der Waals surface area contributed by atoms with Gasteiger partial charge in [-0.2, -0.15) is 5.10 Å². The van der Waals surface area contributed by atoms with E-state index < -0.39 is 0 Å². The van der Waals surface area contributed by atoms with Gasteiger partial charge in [-0.25, -0.2) is 0 Å². The maximum atomic E-state index is 4.21. The number of aromatic nitrogens is 2. The lowest BCUT2D eigenvalue weighted by atomic mass is 9.83. The largest absolute Gasteiger partial charge is 0.313 e. The molecule has 1 aromatic heterocycles. The summed E-state index contributed by atoms with van der Waals surface area (Å²) >= 11 is 0. The summed E-state index contributed by atoms with van der Waals surface area (Å²) in [6.45, 7) is 10.3. The van der Waals surface area contributed by atoms with Crippen LogP contribution in [-0.2, 0) is 13.5 Å². The topological polar surface area (TPSA) is 29.9 Å². The van der Waals surface area contributed by atoms with Crippen molar-refractivity contribution in [3.05, 3.63) is 18.0 Å². The van der Waals surface area contributed by atoms with E-state index in [0.29, 0.717) is 11.5 Å². The quantitative estimate of drug-likeness (QED) is 0.806. The van der Waals surface area contributed by atoms with Crippen LogP contribution in [0.15, 0.2) is 12.3 Å². The van der Waals surface area contributed by atoms with Crippen molar-refractivity contribution in [1.29, 1.82) is 0 Å². The summed E-state index contributed by atoms with van der Waals surface area (Å²) in [6.07, 6.45) is 6.66. The molecule has 0 fully saturated rings. The summed E-state index contributed by atoms with van der Waals surface area (Å²) in [7, 11) is 2.02. The second-order valence-corrected chi connectivity index (χ2v) is 6.21. The fourth-order valence-corrected chi connectivity index (χ4v) is 2.29. The zero-order valence-electron chi connectivity index (χ0n) is 12.7. The number of rotatable bonds is 7. The van der Waals surface area contributed by atoms with Gasteiger partial charge < -0.3 is 5.32 Å². The van der Waals surface area contributed by atoms with E-state index in [2.05, 4.69) is 44.2 Å². The maximum Gasteiger partial charge on any atom is 0.0492 e. The third kappa shape index (κ3) is 4.81. The molecule has 1 heterocycles. The van der Waals surface area contributed by atoms with Crippen LogP contribution in [0, 0.1) is 5.41 Å². The Morgan fingerprint density at radius 1 is 1.39 bits per heavy atom. The number of nitrogens with one attached hydrogen (secondary N) is 1. The summed E-state index contributed by atoms with van der Waals surface area (Å²) in [5, 5.41) is 7.90. The van der Waals surface area contributed by atoms with E-state index in [1.807, 2.05) is 17.9 Å². The summed E-state index contributed by atoms with van der Waals surface area (Å²) in [4.78, 5) is 0. The zero-order valence-corrected chi connectivity index (χ0v) is 12.7. The molecule has 104 valence electrons. The van der Waals surface area contributed by atoms with E-state index in [0.717, 1.165) is 13.0 Å². The highest BCUT2D eigenvalue weighted by atomic mass is 15.2. The summed E-state index contributed by atoms with van der Waals surface area (Å²) < 4.78 is 1.98. The van der Waals surface area contributed by atoms with Crippen LogP contribution in [0.4, 0.5) is 0 Å². The molecule has 1 rings (SSSR count). The summed E-state index contributed by atoms with van der Waals surface area (Å²) in [5.74, 6) is 0. The second-order valence-electron chi connectivity index (χ2n) is 6.21. The van der Waals surface area contributed by atoms with Gasteiger partial charge in [0.25, 0.3) is 0 Å². The Labute approximate surface area is 112 Å². The Kier molecular flexibility index (Phi) is 5.86. The first kappa shape index (κ1) is 15.2. The van der Waals surface area contributed by atoms with Crippen molar-refractivity contribution in [2.24, 2.45) is 12.5 Å². The van der Waals surface area contributed by atoms with Gasteiger partial charge in [0.15, 0.2) is 0 Å². The van der Waals surface area contributed by atoms with E-state index in [1.54, 1.807) is 0 Å². The molecule has 0 aliphatic heterocycles. The molecule has 0 saturated heterocycles. The van der Waals surface area contributed by atoms with Gasteiger partial charge in [-0.1, -0.05) is 27.7 Å². The molecular formula is C15H29N3. The van der Waals surface area contributed by atoms with E-state index in [1.165, 1.54) is 25.0 Å². The lowest BCUT2D eigenvalue weighted by molar-refractivity contribution is 0.251. The molecule has 3 heteroatoms. The van der Waals surface area contributed by atoms with E-state index in [-0.39, 0.29) is 0 Å². The van der Waals surface area contributed by atoms with Crippen LogP contribution in [0.25, 0.3) is 0 Å². The van der Waals surface area contributed by atoms with Crippen molar-refractivity contribution in [2.45, 2.75) is 59.4 Å². The molecule has 0 radical (unpaired) electrons. The molecule has 1 unspecified atom stereocenters. The van der Waals surface area contributed by atoms with E-state index in [9.17, 15) is 0 Å². The van der Waals surface area contributed by atoms with Crippen LogP contribution in [0.3, 0.4) is 0 Å². The van der Waals surface area contributed by atoms with Crippen molar-refractivity contribution in [3.63, 3.8) is 0 Å². The molecule has 0 aliphatic rings. The normalized spacial score (nSPS) is 13.8. The zero-order chi connectivity index (χ0) is 13.6. The number of hydrogen-bond acceptors (Lipinski definition) is 2. The van der Waals surface area contributed by atoms with Crippen molar-refractivity contribution in [3.8, 4) is 0 Å². The first-order valence-corrected chi connectivity index (χ1v) is 7.15. The van der Waals surface area contributed by atoms with Gasteiger partial charge in [-0.3, -0.25) is 4.68 Å². The van der Waals surface area contributed by atoms with Gasteiger partial charge in [0.1, 0.15) is 0 Å². The molecular weight excluding hydrogens is 222 g/mol. The van der Waals surface area contributed by atoms with Crippen LogP contribution in [-0.4, -0.2) is 22.4 Å². The van der Waals surface area contributed by atoms with Crippen molar-refractivity contribution in [1.82, 2.24) is 15.1 Å². The summed E-state index contributed by atoms with van der Waals surface area (Å²) in [6, 6.07) is 2.72. The molecule has 3 nitrogen and oxygen atoms in total. The Hall–Kier alpha value is -0.830. The number of aryl methyl sites for hydroxylation is 2. The average molecular weight is 251 g/mol. The number of hydrogen-bond donors (Lipinski definition) is 1. The first-order chi connectivity index (χ1) is 8.45. The fraction of sp³-hybridized carbons (Fsp3) is 0.800. The molecule has 0 aliphatic carbocycles. The molecule has 1 atom stereocenters. The lowest BCUT2D eigenvalue weighted by Gasteiger charge is -2.32. The SMILES string of the molecule is CCCNC(CCCc1ccnn1C)C(C)(C)C. The summed E-state index contributed by atoms with van der Waals surface area (Å²) in [5.41, 5.74) is 1.67. The van der Waals surface area contributed by atoms with Gasteiger partial charge in [-0.15, -0.1) is 0 Å². The van der Waals surface area contributed by atoms with Crippen molar-refractivity contribution >= 4 is 0 Å². The fourth-order valence-electron chi connectivity index (χ4n) is 2.29. The minimum Gasteiger partial charge on any atom is -0.313 e. The third-order valence-electron chi connectivity index (χ3n) is 3.53. The van der Waals surface area contributed by atoms with Crippen LogP contribution in [0.1, 0.15) is 52.7 Å². The molecule has 0 amide bonds. The van der Waals surface area contributed by atoms with Gasteiger partial charge in [-0.05, 0) is 43.7 Å². The maximum absolute atomic E-state index is 4.21. The number of nitrogens with zero attached hydrogens (tertiary/aromatic N) is 2. The van der Waals surface area contributed by atoms with Crippen molar-refractivity contribution < 1.29 is 0 Å². The molecule has 0 bridgehead atoms. The predicted molar refractivity (Wildman–Crippen MR) is 77.7 cm³/mol. The van der Waals surface area contributed by atoms with Gasteiger partial charge in [0, 0.05) is 25.0 Å². The molecule has 0 saturated carbocycles. The predicted octanol–water partition coefficient (Wildman–Crippen LogP) is 3.16. The molecule has 0 aromatic carbocycles. The highest BCUT2D eigenvalue weighted by Gasteiger charge is 2.23. The van der Waals surface area contributed by atoms with Crippen LogP contribution >= 0.6 is 0 Å². The van der Waals surface area contributed by atoms with Crippen LogP contribution in [0.2, 0.25) is 0 Å². The molecule has 0 spiro atoms. The minimum atomic E-state index is 0.335. The Balaban J connectivity index is 2.40. The van der Waals surface area contributed by atoms with Crippen LogP contribution < -0.4 is 5.32 Å². The second kappa shape index (κ2) is 6.93. The van der Waals surface area contributed by atoms with E-state index in [4.69, 9.17) is 0 Å². The smallest absolute Gasteiger partial charge is 0.0492 e.